The fourth-order valence-electron chi connectivity index (χ4n) is 4.38. The normalized spacial score (nSPS) is 12.7. The summed E-state index contributed by atoms with van der Waals surface area (Å²) in [6.07, 6.45) is 1.04. The second-order valence-electron chi connectivity index (χ2n) is 9.92. The molecule has 0 radical (unpaired) electrons. The highest BCUT2D eigenvalue weighted by Gasteiger charge is 2.34. The lowest BCUT2D eigenvalue weighted by Crippen LogP contribution is -2.53. The molecule has 10 heteroatoms. The van der Waals surface area contributed by atoms with Crippen LogP contribution in [0, 0.1) is 12.7 Å². The number of halogens is 1. The Morgan fingerprint density at radius 2 is 1.63 bits per heavy atom. The molecule has 220 valence electrons. The maximum absolute atomic E-state index is 14.1. The number of carbonyl (C=O) groups is 2. The van der Waals surface area contributed by atoms with Crippen molar-refractivity contribution in [1.29, 1.82) is 0 Å². The summed E-state index contributed by atoms with van der Waals surface area (Å²) >= 11 is 0. The largest absolute Gasteiger partial charge is 0.497 e. The first-order valence-corrected chi connectivity index (χ1v) is 15.0. The van der Waals surface area contributed by atoms with Gasteiger partial charge in [-0.05, 0) is 80.8 Å². The third-order valence-corrected chi connectivity index (χ3v) is 8.65. The highest BCUT2D eigenvalue weighted by atomic mass is 32.2. The number of nitrogens with one attached hydrogen (secondary N) is 1. The first-order valence-electron chi connectivity index (χ1n) is 13.6. The van der Waals surface area contributed by atoms with Crippen molar-refractivity contribution < 1.29 is 27.1 Å². The molecular weight excluding hydrogens is 545 g/mol. The number of anilines is 1. The molecular formula is C31H38FN3O5S. The van der Waals surface area contributed by atoms with Crippen molar-refractivity contribution in [2.45, 2.75) is 64.1 Å². The molecule has 0 saturated heterocycles. The molecule has 0 fully saturated rings. The second kappa shape index (κ2) is 14.1. The molecule has 2 amide bonds. The molecule has 0 bridgehead atoms. The quantitative estimate of drug-likeness (QED) is 0.304. The molecule has 3 aromatic rings. The Kier molecular flexibility index (Phi) is 10.9. The van der Waals surface area contributed by atoms with Crippen LogP contribution in [0.3, 0.4) is 0 Å². The predicted octanol–water partition coefficient (Wildman–Crippen LogP) is 5.06. The highest BCUT2D eigenvalue weighted by Crippen LogP contribution is 2.26. The van der Waals surface area contributed by atoms with E-state index < -0.39 is 34.3 Å². The maximum Gasteiger partial charge on any atom is 0.264 e. The van der Waals surface area contributed by atoms with Gasteiger partial charge in [-0.15, -0.1) is 0 Å². The summed E-state index contributed by atoms with van der Waals surface area (Å²) in [5.74, 6) is -0.959. The summed E-state index contributed by atoms with van der Waals surface area (Å²) < 4.78 is 47.6. The molecule has 0 aliphatic rings. The van der Waals surface area contributed by atoms with E-state index >= 15 is 0 Å². The van der Waals surface area contributed by atoms with E-state index in [0.29, 0.717) is 18.6 Å². The molecule has 8 nitrogen and oxygen atoms in total. The summed E-state index contributed by atoms with van der Waals surface area (Å²) in [5, 5.41) is 2.95. The average Bonchev–Trinajstić information content (AvgIpc) is 2.96. The van der Waals surface area contributed by atoms with E-state index in [0.717, 1.165) is 27.6 Å². The first-order chi connectivity index (χ1) is 19.5. The van der Waals surface area contributed by atoms with E-state index in [9.17, 15) is 22.4 Å². The Morgan fingerprint density at radius 3 is 2.20 bits per heavy atom. The SMILES string of the molecule is CC[C@H](C)NC(=O)[C@H](CC)N(Cc1cccc(C)c1)C(=O)CN(c1ccc(F)cc1)S(=O)(=O)c1ccc(OC)cc1. The lowest BCUT2D eigenvalue weighted by Gasteiger charge is -2.33. The highest BCUT2D eigenvalue weighted by molar-refractivity contribution is 7.92. The van der Waals surface area contributed by atoms with E-state index in [1.54, 1.807) is 0 Å². The molecule has 0 spiro atoms. The molecule has 0 aliphatic carbocycles. The number of hydrogen-bond donors (Lipinski definition) is 1. The Labute approximate surface area is 242 Å². The number of hydrogen-bond acceptors (Lipinski definition) is 5. The third kappa shape index (κ3) is 8.07. The van der Waals surface area contributed by atoms with Crippen LogP contribution in [0.1, 0.15) is 44.7 Å². The van der Waals surface area contributed by atoms with Gasteiger partial charge >= 0.3 is 0 Å². The van der Waals surface area contributed by atoms with Gasteiger partial charge in [0.1, 0.15) is 24.2 Å². The Morgan fingerprint density at radius 1 is 0.976 bits per heavy atom. The van der Waals surface area contributed by atoms with Crippen molar-refractivity contribution in [3.05, 3.63) is 89.7 Å². The van der Waals surface area contributed by atoms with Gasteiger partial charge in [-0.25, -0.2) is 12.8 Å². The van der Waals surface area contributed by atoms with Crippen LogP contribution < -0.4 is 14.4 Å². The Bertz CT molecular complexity index is 1430. The zero-order chi connectivity index (χ0) is 30.2. The molecule has 1 N–H and O–H groups in total. The zero-order valence-corrected chi connectivity index (χ0v) is 24.9. The number of benzene rings is 3. The standard InChI is InChI=1S/C31H38FN3O5S/c1-6-23(4)33-31(37)29(7-2)34(20-24-10-8-9-22(3)19-24)30(36)21-35(26-13-11-25(32)12-14-26)41(38,39)28-17-15-27(40-5)16-18-28/h8-19,23,29H,6-7,20-21H2,1-5H3,(H,33,37)/t23-,29-/m0/s1. The summed E-state index contributed by atoms with van der Waals surface area (Å²) in [5.41, 5.74) is 1.91. The second-order valence-corrected chi connectivity index (χ2v) is 11.8. The van der Waals surface area contributed by atoms with E-state index in [1.165, 1.54) is 48.4 Å². The summed E-state index contributed by atoms with van der Waals surface area (Å²) in [7, 11) is -2.80. The van der Waals surface area contributed by atoms with Crippen LogP contribution in [0.5, 0.6) is 5.75 Å². The van der Waals surface area contributed by atoms with Crippen molar-refractivity contribution in [1.82, 2.24) is 10.2 Å². The van der Waals surface area contributed by atoms with Crippen LogP contribution in [-0.4, -0.2) is 50.9 Å². The van der Waals surface area contributed by atoms with Crippen LogP contribution in [0.25, 0.3) is 0 Å². The molecule has 3 rings (SSSR count). The van der Waals surface area contributed by atoms with Crippen LogP contribution in [0.15, 0.2) is 77.7 Å². The van der Waals surface area contributed by atoms with Crippen molar-refractivity contribution >= 4 is 27.5 Å². The van der Waals surface area contributed by atoms with Gasteiger partial charge in [0.15, 0.2) is 0 Å². The Balaban J connectivity index is 2.05. The third-order valence-electron chi connectivity index (χ3n) is 6.86. The van der Waals surface area contributed by atoms with Gasteiger partial charge in [0.25, 0.3) is 10.0 Å². The van der Waals surface area contributed by atoms with Crippen molar-refractivity contribution in [3.63, 3.8) is 0 Å². The average molecular weight is 584 g/mol. The monoisotopic (exact) mass is 583 g/mol. The van der Waals surface area contributed by atoms with E-state index in [4.69, 9.17) is 4.74 Å². The number of methoxy groups -OCH3 is 1. The molecule has 0 saturated carbocycles. The lowest BCUT2D eigenvalue weighted by atomic mass is 10.1. The lowest BCUT2D eigenvalue weighted by molar-refractivity contribution is -0.140. The van der Waals surface area contributed by atoms with Gasteiger partial charge in [-0.3, -0.25) is 13.9 Å². The number of nitrogens with zero attached hydrogens (tertiary/aromatic N) is 2. The minimum Gasteiger partial charge on any atom is -0.497 e. The summed E-state index contributed by atoms with van der Waals surface area (Å²) in [4.78, 5) is 28.8. The van der Waals surface area contributed by atoms with Gasteiger partial charge in [-0.2, -0.15) is 0 Å². The van der Waals surface area contributed by atoms with Gasteiger partial charge in [0, 0.05) is 12.6 Å². The van der Waals surface area contributed by atoms with Crippen LogP contribution in [0.4, 0.5) is 10.1 Å². The number of aryl methyl sites for hydroxylation is 1. The molecule has 0 aliphatic heterocycles. The molecule has 0 heterocycles. The minimum absolute atomic E-state index is 0.0674. The zero-order valence-electron chi connectivity index (χ0n) is 24.1. The van der Waals surface area contributed by atoms with Crippen LogP contribution in [0.2, 0.25) is 0 Å². The van der Waals surface area contributed by atoms with Crippen molar-refractivity contribution in [3.8, 4) is 5.75 Å². The fraction of sp³-hybridized carbons (Fsp3) is 0.355. The topological polar surface area (TPSA) is 96.0 Å². The number of sulfonamides is 1. The van der Waals surface area contributed by atoms with E-state index in [1.807, 2.05) is 52.0 Å². The molecule has 0 unspecified atom stereocenters. The number of amides is 2. The van der Waals surface area contributed by atoms with E-state index in [2.05, 4.69) is 5.32 Å². The molecule has 2 atom stereocenters. The van der Waals surface area contributed by atoms with Crippen molar-refractivity contribution in [2.75, 3.05) is 18.0 Å². The van der Waals surface area contributed by atoms with E-state index in [-0.39, 0.29) is 29.1 Å². The summed E-state index contributed by atoms with van der Waals surface area (Å²) in [6.45, 7) is 7.08. The fourth-order valence-corrected chi connectivity index (χ4v) is 5.79. The number of rotatable bonds is 13. The van der Waals surface area contributed by atoms with Crippen LogP contribution in [-0.2, 0) is 26.2 Å². The maximum atomic E-state index is 14.1. The molecule has 0 aromatic heterocycles. The molecule has 41 heavy (non-hydrogen) atoms. The first kappa shape index (κ1) is 31.6. The number of carbonyl (C=O) groups excluding carboxylic acids is 2. The summed E-state index contributed by atoms with van der Waals surface area (Å²) in [6, 6.07) is 17.3. The van der Waals surface area contributed by atoms with Gasteiger partial charge < -0.3 is 15.0 Å². The van der Waals surface area contributed by atoms with Crippen molar-refractivity contribution in [2.24, 2.45) is 0 Å². The van der Waals surface area contributed by atoms with Gasteiger partial charge in [0.05, 0.1) is 17.7 Å². The minimum atomic E-state index is -4.27. The predicted molar refractivity (Wildman–Crippen MR) is 158 cm³/mol. The molecule has 3 aromatic carbocycles. The van der Waals surface area contributed by atoms with Gasteiger partial charge in [-0.1, -0.05) is 43.7 Å². The van der Waals surface area contributed by atoms with Crippen LogP contribution >= 0.6 is 0 Å². The smallest absolute Gasteiger partial charge is 0.264 e. The van der Waals surface area contributed by atoms with Gasteiger partial charge in [0.2, 0.25) is 11.8 Å². The Hall–Kier alpha value is -3.92. The number of ether oxygens (including phenoxy) is 1.